The van der Waals surface area contributed by atoms with Gasteiger partial charge in [-0.3, -0.25) is 4.98 Å². The molecule has 2 N–H and O–H groups in total. The quantitative estimate of drug-likeness (QED) is 0.876. The van der Waals surface area contributed by atoms with Gasteiger partial charge in [0.05, 0.1) is 30.3 Å². The lowest BCUT2D eigenvalue weighted by Gasteiger charge is -2.09. The van der Waals surface area contributed by atoms with Crippen LogP contribution >= 0.6 is 0 Å². The number of esters is 1. The van der Waals surface area contributed by atoms with Crippen LogP contribution in [-0.2, 0) is 11.3 Å². The zero-order valence-electron chi connectivity index (χ0n) is 11.7. The first-order valence-corrected chi connectivity index (χ1v) is 6.23. The van der Waals surface area contributed by atoms with Crippen LogP contribution in [0.25, 0.3) is 0 Å². The Bertz CT molecular complexity index is 674. The highest BCUT2D eigenvalue weighted by Gasteiger charge is 2.13. The number of carbonyl (C=O) groups excluding carboxylic acids is 1. The SMILES string of the molecule is COc1ccc(COC(=O)c2cc(N)cnc2C)c(F)c1. The van der Waals surface area contributed by atoms with Crippen LogP contribution in [0.3, 0.4) is 0 Å². The fraction of sp³-hybridized carbons (Fsp3) is 0.200. The smallest absolute Gasteiger partial charge is 0.340 e. The van der Waals surface area contributed by atoms with Crippen LogP contribution in [0.2, 0.25) is 0 Å². The summed E-state index contributed by atoms with van der Waals surface area (Å²) in [5.74, 6) is -0.689. The molecule has 0 radical (unpaired) electrons. The number of rotatable bonds is 4. The number of nitrogens with two attached hydrogens (primary N) is 1. The van der Waals surface area contributed by atoms with Crippen molar-refractivity contribution in [2.75, 3.05) is 12.8 Å². The van der Waals surface area contributed by atoms with E-state index in [-0.39, 0.29) is 17.7 Å². The number of hydrogen-bond donors (Lipinski definition) is 1. The van der Waals surface area contributed by atoms with Gasteiger partial charge in [-0.15, -0.1) is 0 Å². The third-order valence-electron chi connectivity index (χ3n) is 2.95. The molecule has 0 spiro atoms. The number of carbonyl (C=O) groups is 1. The van der Waals surface area contributed by atoms with Crippen molar-refractivity contribution < 1.29 is 18.7 Å². The van der Waals surface area contributed by atoms with Crippen molar-refractivity contribution in [3.63, 3.8) is 0 Å². The first-order valence-electron chi connectivity index (χ1n) is 6.23. The van der Waals surface area contributed by atoms with Gasteiger partial charge in [-0.2, -0.15) is 0 Å². The van der Waals surface area contributed by atoms with Crippen molar-refractivity contribution in [2.45, 2.75) is 13.5 Å². The topological polar surface area (TPSA) is 74.4 Å². The molecule has 21 heavy (non-hydrogen) atoms. The number of nitrogen functional groups attached to an aromatic ring is 1. The van der Waals surface area contributed by atoms with Gasteiger partial charge in [0, 0.05) is 11.6 Å². The molecule has 5 nitrogen and oxygen atoms in total. The van der Waals surface area contributed by atoms with E-state index in [9.17, 15) is 9.18 Å². The van der Waals surface area contributed by atoms with E-state index in [1.54, 1.807) is 13.0 Å². The summed E-state index contributed by atoms with van der Waals surface area (Å²) in [7, 11) is 1.45. The minimum Gasteiger partial charge on any atom is -0.497 e. The van der Waals surface area contributed by atoms with Crippen molar-refractivity contribution in [1.29, 1.82) is 0 Å². The summed E-state index contributed by atoms with van der Waals surface area (Å²) < 4.78 is 23.7. The minimum atomic E-state index is -0.595. The van der Waals surface area contributed by atoms with Crippen LogP contribution in [0, 0.1) is 12.7 Å². The summed E-state index contributed by atoms with van der Waals surface area (Å²) in [6.07, 6.45) is 1.45. The lowest BCUT2D eigenvalue weighted by molar-refractivity contribution is 0.0467. The maximum Gasteiger partial charge on any atom is 0.340 e. The van der Waals surface area contributed by atoms with Crippen LogP contribution < -0.4 is 10.5 Å². The van der Waals surface area contributed by atoms with Crippen LogP contribution in [0.1, 0.15) is 21.6 Å². The van der Waals surface area contributed by atoms with Gasteiger partial charge in [-0.05, 0) is 25.1 Å². The zero-order chi connectivity index (χ0) is 15.4. The molecular weight excluding hydrogens is 275 g/mol. The van der Waals surface area contributed by atoms with E-state index >= 15 is 0 Å². The predicted octanol–water partition coefficient (Wildman–Crippen LogP) is 2.48. The summed E-state index contributed by atoms with van der Waals surface area (Å²) in [5.41, 5.74) is 6.98. The molecule has 0 aliphatic rings. The van der Waals surface area contributed by atoms with Crippen molar-refractivity contribution in [1.82, 2.24) is 4.98 Å². The van der Waals surface area contributed by atoms with Crippen molar-refractivity contribution in [3.05, 3.63) is 53.1 Å². The van der Waals surface area contributed by atoms with E-state index in [0.29, 0.717) is 17.1 Å². The molecule has 0 fully saturated rings. The number of nitrogens with zero attached hydrogens (tertiary/aromatic N) is 1. The van der Waals surface area contributed by atoms with Gasteiger partial charge < -0.3 is 15.2 Å². The van der Waals surface area contributed by atoms with Crippen LogP contribution in [0.15, 0.2) is 30.5 Å². The van der Waals surface area contributed by atoms with E-state index in [4.69, 9.17) is 15.2 Å². The Morgan fingerprint density at radius 2 is 2.14 bits per heavy atom. The van der Waals surface area contributed by atoms with Crippen molar-refractivity contribution in [2.24, 2.45) is 0 Å². The van der Waals surface area contributed by atoms with E-state index < -0.39 is 11.8 Å². The summed E-state index contributed by atoms with van der Waals surface area (Å²) in [6, 6.07) is 5.82. The molecule has 1 aromatic heterocycles. The van der Waals surface area contributed by atoms with E-state index in [0.717, 1.165) is 0 Å². The number of benzene rings is 1. The summed E-state index contributed by atoms with van der Waals surface area (Å²) in [6.45, 7) is 1.49. The highest BCUT2D eigenvalue weighted by atomic mass is 19.1. The summed E-state index contributed by atoms with van der Waals surface area (Å²) in [5, 5.41) is 0. The Hall–Kier alpha value is -2.63. The van der Waals surface area contributed by atoms with Crippen molar-refractivity contribution in [3.8, 4) is 5.75 Å². The largest absolute Gasteiger partial charge is 0.497 e. The number of aromatic nitrogens is 1. The number of aryl methyl sites for hydroxylation is 1. The molecule has 1 aromatic carbocycles. The molecule has 0 amide bonds. The molecule has 110 valence electrons. The molecule has 0 aliphatic carbocycles. The number of pyridine rings is 1. The van der Waals surface area contributed by atoms with Crippen LogP contribution in [0.5, 0.6) is 5.75 Å². The maximum absolute atomic E-state index is 13.7. The van der Waals surface area contributed by atoms with E-state index in [1.165, 1.54) is 31.5 Å². The average Bonchev–Trinajstić information content (AvgIpc) is 2.48. The normalized spacial score (nSPS) is 10.2. The average molecular weight is 290 g/mol. The highest BCUT2D eigenvalue weighted by Crippen LogP contribution is 2.18. The second-order valence-corrected chi connectivity index (χ2v) is 4.44. The third-order valence-corrected chi connectivity index (χ3v) is 2.95. The lowest BCUT2D eigenvalue weighted by Crippen LogP contribution is -2.09. The lowest BCUT2D eigenvalue weighted by atomic mass is 10.2. The molecule has 6 heteroatoms. The summed E-state index contributed by atoms with van der Waals surface area (Å²) >= 11 is 0. The predicted molar refractivity (Wildman–Crippen MR) is 75.5 cm³/mol. The molecule has 2 aromatic rings. The van der Waals surface area contributed by atoms with Gasteiger partial charge in [0.1, 0.15) is 18.2 Å². The standard InChI is InChI=1S/C15H15FN2O3/c1-9-13(5-11(17)7-18-9)15(19)21-8-10-3-4-12(20-2)6-14(10)16/h3-7H,8,17H2,1-2H3. The van der Waals surface area contributed by atoms with Gasteiger partial charge in [0.2, 0.25) is 0 Å². The third kappa shape index (κ3) is 3.47. The van der Waals surface area contributed by atoms with Gasteiger partial charge in [-0.1, -0.05) is 0 Å². The molecule has 0 atom stereocenters. The minimum absolute atomic E-state index is 0.178. The first kappa shape index (κ1) is 14.8. The van der Waals surface area contributed by atoms with Crippen molar-refractivity contribution >= 4 is 11.7 Å². The molecule has 0 aliphatic heterocycles. The van der Waals surface area contributed by atoms with Gasteiger partial charge in [0.25, 0.3) is 0 Å². The first-order chi connectivity index (χ1) is 10.0. The number of hydrogen-bond acceptors (Lipinski definition) is 5. The Balaban J connectivity index is 2.09. The fourth-order valence-corrected chi connectivity index (χ4v) is 1.75. The Labute approximate surface area is 121 Å². The maximum atomic E-state index is 13.7. The molecule has 0 unspecified atom stereocenters. The number of halogens is 1. The van der Waals surface area contributed by atoms with Gasteiger partial charge in [0.15, 0.2) is 0 Å². The molecule has 0 saturated carbocycles. The fourth-order valence-electron chi connectivity index (χ4n) is 1.75. The molecule has 1 heterocycles. The monoisotopic (exact) mass is 290 g/mol. The Kier molecular flexibility index (Phi) is 4.37. The summed E-state index contributed by atoms with van der Waals surface area (Å²) in [4.78, 5) is 15.9. The number of anilines is 1. The van der Waals surface area contributed by atoms with E-state index in [2.05, 4.69) is 4.98 Å². The molecule has 2 rings (SSSR count). The Morgan fingerprint density at radius 3 is 2.81 bits per heavy atom. The van der Waals surface area contributed by atoms with Gasteiger partial charge >= 0.3 is 5.97 Å². The number of ether oxygens (including phenoxy) is 2. The Morgan fingerprint density at radius 1 is 1.38 bits per heavy atom. The van der Waals surface area contributed by atoms with Crippen LogP contribution in [-0.4, -0.2) is 18.1 Å². The molecule has 0 bridgehead atoms. The highest BCUT2D eigenvalue weighted by molar-refractivity contribution is 5.91. The second-order valence-electron chi connectivity index (χ2n) is 4.44. The second kappa shape index (κ2) is 6.21. The van der Waals surface area contributed by atoms with E-state index in [1.807, 2.05) is 0 Å². The number of methoxy groups -OCH3 is 1. The van der Waals surface area contributed by atoms with Crippen LogP contribution in [0.4, 0.5) is 10.1 Å². The molecular formula is C15H15FN2O3. The van der Waals surface area contributed by atoms with Gasteiger partial charge in [-0.25, -0.2) is 9.18 Å². The molecule has 0 saturated heterocycles. The zero-order valence-corrected chi connectivity index (χ0v) is 11.7.